The lowest BCUT2D eigenvalue weighted by Crippen LogP contribution is -2.30. The van der Waals surface area contributed by atoms with Gasteiger partial charge in [0.2, 0.25) is 0 Å². The number of esters is 1. The number of carbonyl (C=O) groups is 2. The Hall–Kier alpha value is -2.33. The van der Waals surface area contributed by atoms with Crippen LogP contribution in [0, 0.1) is 6.92 Å². The van der Waals surface area contributed by atoms with Gasteiger partial charge in [0, 0.05) is 0 Å². The molecule has 1 atom stereocenters. The van der Waals surface area contributed by atoms with Crippen LogP contribution in [0.5, 0.6) is 0 Å². The van der Waals surface area contributed by atoms with Crippen LogP contribution in [0.4, 0.5) is 5.69 Å². The van der Waals surface area contributed by atoms with Crippen molar-refractivity contribution in [1.29, 1.82) is 0 Å². The van der Waals surface area contributed by atoms with Gasteiger partial charge in [0.1, 0.15) is 0 Å². The Morgan fingerprint density at radius 3 is 2.48 bits per heavy atom. The first-order valence-electron chi connectivity index (χ1n) is 7.26. The lowest BCUT2D eigenvalue weighted by molar-refractivity contribution is -0.152. The van der Waals surface area contributed by atoms with Crippen LogP contribution in [0.3, 0.4) is 0 Å². The molecule has 0 aromatic heterocycles. The zero-order valence-electron chi connectivity index (χ0n) is 13.0. The van der Waals surface area contributed by atoms with E-state index in [9.17, 15) is 9.59 Å². The van der Waals surface area contributed by atoms with Gasteiger partial charge in [0.25, 0.3) is 5.91 Å². The average Bonchev–Trinajstić information content (AvgIpc) is 2.51. The summed E-state index contributed by atoms with van der Waals surface area (Å²) < 4.78 is 5.19. The van der Waals surface area contributed by atoms with E-state index in [1.807, 2.05) is 31.2 Å². The number of amides is 1. The summed E-state index contributed by atoms with van der Waals surface area (Å²) >= 11 is 5.98. The molecule has 120 valence electrons. The predicted octanol–water partition coefficient (Wildman–Crippen LogP) is 3.76. The second kappa shape index (κ2) is 7.79. The molecule has 0 unspecified atom stereocenters. The van der Waals surface area contributed by atoms with Crippen molar-refractivity contribution in [2.24, 2.45) is 0 Å². The van der Waals surface area contributed by atoms with E-state index in [0.29, 0.717) is 10.7 Å². The second-order valence-corrected chi connectivity index (χ2v) is 5.61. The molecule has 0 heterocycles. The van der Waals surface area contributed by atoms with Crippen molar-refractivity contribution in [3.63, 3.8) is 0 Å². The van der Waals surface area contributed by atoms with Crippen molar-refractivity contribution in [1.82, 2.24) is 0 Å². The van der Waals surface area contributed by atoms with E-state index in [2.05, 4.69) is 5.32 Å². The minimum Gasteiger partial charge on any atom is -0.452 e. The Kier molecular flexibility index (Phi) is 5.77. The van der Waals surface area contributed by atoms with Gasteiger partial charge in [0.05, 0.1) is 17.1 Å². The molecule has 2 aromatic carbocycles. The fraction of sp³-hybridized carbons (Fsp3) is 0.222. The van der Waals surface area contributed by atoms with E-state index < -0.39 is 18.0 Å². The van der Waals surface area contributed by atoms with Gasteiger partial charge in [0.15, 0.2) is 6.10 Å². The molecule has 0 aliphatic carbocycles. The standard InChI is InChI=1S/C18H18ClNO3/c1-12-7-3-4-8-14(12)11-17(21)23-13(2)18(22)20-16-10-6-5-9-15(16)19/h3-10,13H,11H2,1-2H3,(H,20,22)/t13-/m1/s1. The summed E-state index contributed by atoms with van der Waals surface area (Å²) in [6, 6.07) is 14.4. The lowest BCUT2D eigenvalue weighted by Gasteiger charge is -2.14. The summed E-state index contributed by atoms with van der Waals surface area (Å²) in [5.41, 5.74) is 2.38. The molecule has 0 spiro atoms. The summed E-state index contributed by atoms with van der Waals surface area (Å²) in [7, 11) is 0. The first-order valence-corrected chi connectivity index (χ1v) is 7.64. The van der Waals surface area contributed by atoms with Gasteiger partial charge in [-0.25, -0.2) is 0 Å². The summed E-state index contributed by atoms with van der Waals surface area (Å²) in [5, 5.41) is 3.07. The molecular formula is C18H18ClNO3. The number of nitrogens with one attached hydrogen (secondary N) is 1. The highest BCUT2D eigenvalue weighted by atomic mass is 35.5. The number of anilines is 1. The molecule has 5 heteroatoms. The molecule has 2 aromatic rings. The van der Waals surface area contributed by atoms with Gasteiger partial charge in [-0.2, -0.15) is 0 Å². The molecule has 2 rings (SSSR count). The molecule has 23 heavy (non-hydrogen) atoms. The van der Waals surface area contributed by atoms with Crippen molar-refractivity contribution < 1.29 is 14.3 Å². The Bertz CT molecular complexity index is 715. The number of benzene rings is 2. The van der Waals surface area contributed by atoms with Crippen LogP contribution in [0.2, 0.25) is 5.02 Å². The maximum atomic E-state index is 12.1. The Balaban J connectivity index is 1.92. The van der Waals surface area contributed by atoms with Gasteiger partial charge in [-0.05, 0) is 37.1 Å². The summed E-state index contributed by atoms with van der Waals surface area (Å²) in [6.07, 6.45) is -0.765. The van der Waals surface area contributed by atoms with E-state index in [1.165, 1.54) is 6.92 Å². The van der Waals surface area contributed by atoms with E-state index >= 15 is 0 Å². The average molecular weight is 332 g/mol. The van der Waals surface area contributed by atoms with Gasteiger partial charge in [-0.1, -0.05) is 48.0 Å². The number of para-hydroxylation sites is 1. The van der Waals surface area contributed by atoms with Crippen LogP contribution in [0.25, 0.3) is 0 Å². The number of carbonyl (C=O) groups excluding carboxylic acids is 2. The third-order valence-corrected chi connectivity index (χ3v) is 3.73. The van der Waals surface area contributed by atoms with E-state index in [1.54, 1.807) is 24.3 Å². The summed E-state index contributed by atoms with van der Waals surface area (Å²) in [6.45, 7) is 3.46. The molecule has 0 saturated heterocycles. The number of aryl methyl sites for hydroxylation is 1. The monoisotopic (exact) mass is 331 g/mol. The lowest BCUT2D eigenvalue weighted by atomic mass is 10.1. The SMILES string of the molecule is Cc1ccccc1CC(=O)O[C@H](C)C(=O)Nc1ccccc1Cl. The van der Waals surface area contributed by atoms with Crippen LogP contribution in [-0.2, 0) is 20.7 Å². The maximum absolute atomic E-state index is 12.1. The molecule has 0 bridgehead atoms. The summed E-state index contributed by atoms with van der Waals surface area (Å²) in [4.78, 5) is 24.0. The van der Waals surface area contributed by atoms with Crippen molar-refractivity contribution in [3.05, 3.63) is 64.7 Å². The fourth-order valence-corrected chi connectivity index (χ4v) is 2.24. The van der Waals surface area contributed by atoms with Crippen LogP contribution in [-0.4, -0.2) is 18.0 Å². The number of hydrogen-bond acceptors (Lipinski definition) is 3. The molecule has 0 aliphatic heterocycles. The van der Waals surface area contributed by atoms with Gasteiger partial charge in [-0.15, -0.1) is 0 Å². The molecule has 4 nitrogen and oxygen atoms in total. The van der Waals surface area contributed by atoms with E-state index in [0.717, 1.165) is 11.1 Å². The van der Waals surface area contributed by atoms with Gasteiger partial charge >= 0.3 is 5.97 Å². The highest BCUT2D eigenvalue weighted by molar-refractivity contribution is 6.33. The number of halogens is 1. The third-order valence-electron chi connectivity index (χ3n) is 3.41. The van der Waals surface area contributed by atoms with Crippen LogP contribution in [0.1, 0.15) is 18.1 Å². The quantitative estimate of drug-likeness (QED) is 0.849. The fourth-order valence-electron chi connectivity index (χ4n) is 2.05. The minimum absolute atomic E-state index is 0.135. The highest BCUT2D eigenvalue weighted by Crippen LogP contribution is 2.20. The molecule has 0 fully saturated rings. The molecular weight excluding hydrogens is 314 g/mol. The van der Waals surface area contributed by atoms with Gasteiger partial charge < -0.3 is 10.1 Å². The van der Waals surface area contributed by atoms with Crippen molar-refractivity contribution in [3.8, 4) is 0 Å². The predicted molar refractivity (Wildman–Crippen MR) is 90.5 cm³/mol. The smallest absolute Gasteiger partial charge is 0.311 e. The normalized spacial score (nSPS) is 11.6. The third kappa shape index (κ3) is 4.83. The molecule has 0 saturated carbocycles. The largest absolute Gasteiger partial charge is 0.452 e. The van der Waals surface area contributed by atoms with Crippen molar-refractivity contribution in [2.45, 2.75) is 26.4 Å². The Morgan fingerprint density at radius 1 is 1.13 bits per heavy atom. The Morgan fingerprint density at radius 2 is 1.78 bits per heavy atom. The van der Waals surface area contributed by atoms with Crippen LogP contribution in [0.15, 0.2) is 48.5 Å². The highest BCUT2D eigenvalue weighted by Gasteiger charge is 2.19. The topological polar surface area (TPSA) is 55.4 Å². The van der Waals surface area contributed by atoms with E-state index in [4.69, 9.17) is 16.3 Å². The molecule has 0 radical (unpaired) electrons. The zero-order chi connectivity index (χ0) is 16.8. The number of ether oxygens (including phenoxy) is 1. The van der Waals surface area contributed by atoms with Gasteiger partial charge in [-0.3, -0.25) is 9.59 Å². The zero-order valence-corrected chi connectivity index (χ0v) is 13.8. The molecule has 1 amide bonds. The number of rotatable bonds is 5. The number of hydrogen-bond donors (Lipinski definition) is 1. The Labute approximate surface area is 140 Å². The first kappa shape index (κ1) is 17.0. The van der Waals surface area contributed by atoms with E-state index in [-0.39, 0.29) is 6.42 Å². The second-order valence-electron chi connectivity index (χ2n) is 5.20. The van der Waals surface area contributed by atoms with Crippen LogP contribution >= 0.6 is 11.6 Å². The molecule has 0 aliphatic rings. The molecule has 1 N–H and O–H groups in total. The van der Waals surface area contributed by atoms with Crippen molar-refractivity contribution in [2.75, 3.05) is 5.32 Å². The minimum atomic E-state index is -0.900. The van der Waals surface area contributed by atoms with Crippen LogP contribution < -0.4 is 5.32 Å². The maximum Gasteiger partial charge on any atom is 0.311 e. The van der Waals surface area contributed by atoms with Crippen molar-refractivity contribution >= 4 is 29.2 Å². The first-order chi connectivity index (χ1) is 11.0. The summed E-state index contributed by atoms with van der Waals surface area (Å²) in [5.74, 6) is -0.864.